The summed E-state index contributed by atoms with van der Waals surface area (Å²) in [6.07, 6.45) is 2.06. The molecule has 36 heavy (non-hydrogen) atoms. The molecule has 4 rings (SSSR count). The van der Waals surface area contributed by atoms with Gasteiger partial charge < -0.3 is 20.6 Å². The van der Waals surface area contributed by atoms with Crippen LogP contribution in [0, 0.1) is 17.8 Å². The predicted octanol–water partition coefficient (Wildman–Crippen LogP) is 3.11. The minimum Gasteiger partial charge on any atom is -0.394 e. The number of likely N-dealkylation sites (tertiary alicyclic amines) is 1. The lowest BCUT2D eigenvalue weighted by atomic mass is 9.66. The number of nitrogens with zero attached hydrogens (tertiary/aromatic N) is 1. The van der Waals surface area contributed by atoms with Gasteiger partial charge in [0.05, 0.1) is 29.2 Å². The van der Waals surface area contributed by atoms with E-state index in [2.05, 4.69) is 17.6 Å². The van der Waals surface area contributed by atoms with Crippen molar-refractivity contribution < 1.29 is 19.5 Å². The van der Waals surface area contributed by atoms with Gasteiger partial charge >= 0.3 is 0 Å². The number of aliphatic hydroxyl groups excluding tert-OH is 1. The van der Waals surface area contributed by atoms with Crippen molar-refractivity contribution in [2.45, 2.75) is 94.5 Å². The van der Waals surface area contributed by atoms with Gasteiger partial charge in [-0.25, -0.2) is 0 Å². The summed E-state index contributed by atoms with van der Waals surface area (Å²) in [5.74, 6) is -1.36. The zero-order valence-corrected chi connectivity index (χ0v) is 23.2. The summed E-state index contributed by atoms with van der Waals surface area (Å²) in [4.78, 5) is 43.4. The van der Waals surface area contributed by atoms with Crippen molar-refractivity contribution in [2.75, 3.05) is 6.61 Å². The summed E-state index contributed by atoms with van der Waals surface area (Å²) >= 11 is 1.66. The van der Waals surface area contributed by atoms with Gasteiger partial charge in [-0.2, -0.15) is 0 Å². The summed E-state index contributed by atoms with van der Waals surface area (Å²) in [7, 11) is 0. The van der Waals surface area contributed by atoms with Crippen LogP contribution < -0.4 is 10.6 Å². The highest BCUT2D eigenvalue weighted by atomic mass is 32.2. The molecule has 7 nitrogen and oxygen atoms in total. The third-order valence-corrected chi connectivity index (χ3v) is 9.89. The number of thioether (sulfide) groups is 1. The summed E-state index contributed by atoms with van der Waals surface area (Å²) in [6.45, 7) is 12.2. The Morgan fingerprint density at radius 3 is 2.42 bits per heavy atom. The monoisotopic (exact) mass is 515 g/mol. The quantitative estimate of drug-likeness (QED) is 0.494. The number of fused-ring (bicyclic) bond motifs is 1. The third kappa shape index (κ3) is 4.67. The number of aliphatic hydroxyl groups is 1. The van der Waals surface area contributed by atoms with Gasteiger partial charge in [0.25, 0.3) is 0 Å². The number of nitrogens with one attached hydrogen (secondary N) is 2. The van der Waals surface area contributed by atoms with Crippen LogP contribution in [0.2, 0.25) is 0 Å². The van der Waals surface area contributed by atoms with Gasteiger partial charge in [0.2, 0.25) is 17.7 Å². The van der Waals surface area contributed by atoms with E-state index in [1.807, 2.05) is 65.0 Å². The summed E-state index contributed by atoms with van der Waals surface area (Å²) in [6, 6.07) is 8.55. The van der Waals surface area contributed by atoms with Crippen molar-refractivity contribution >= 4 is 29.5 Å². The number of hydrogen-bond acceptors (Lipinski definition) is 5. The largest absolute Gasteiger partial charge is 0.394 e. The molecule has 0 aliphatic carbocycles. The van der Waals surface area contributed by atoms with Gasteiger partial charge in [-0.1, -0.05) is 44.2 Å². The molecule has 1 spiro atoms. The SMILES string of the molecule is CC(C)C[C@H](CO)N1C(=O)[C@@H]2[C@@H](C(=O)NCc3ccccc3)[C@@]3(C)CCC2(S3)C1C(=O)NC(C)(C)C. The van der Waals surface area contributed by atoms with Gasteiger partial charge in [0.15, 0.2) is 0 Å². The smallest absolute Gasteiger partial charge is 0.244 e. The molecule has 0 aromatic heterocycles. The normalized spacial score (nSPS) is 32.1. The second-order valence-corrected chi connectivity index (χ2v) is 14.3. The van der Waals surface area contributed by atoms with Crippen molar-refractivity contribution in [3.05, 3.63) is 35.9 Å². The number of hydrogen-bond donors (Lipinski definition) is 3. The molecular weight excluding hydrogens is 474 g/mol. The van der Waals surface area contributed by atoms with Crippen LogP contribution in [0.4, 0.5) is 0 Å². The average molecular weight is 516 g/mol. The number of carbonyl (C=O) groups is 3. The van der Waals surface area contributed by atoms with E-state index in [1.54, 1.807) is 16.7 Å². The second-order valence-electron chi connectivity index (χ2n) is 12.4. The highest BCUT2D eigenvalue weighted by Gasteiger charge is 2.77. The molecule has 1 aromatic rings. The zero-order valence-electron chi connectivity index (χ0n) is 22.3. The Kier molecular flexibility index (Phi) is 7.25. The topological polar surface area (TPSA) is 98.7 Å². The third-order valence-electron chi connectivity index (χ3n) is 7.90. The van der Waals surface area contributed by atoms with E-state index in [-0.39, 0.29) is 30.2 Å². The minimum absolute atomic E-state index is 0.130. The van der Waals surface area contributed by atoms with Crippen molar-refractivity contribution in [1.82, 2.24) is 15.5 Å². The lowest BCUT2D eigenvalue weighted by molar-refractivity contribution is -0.144. The molecule has 0 saturated carbocycles. The number of benzene rings is 1. The van der Waals surface area contributed by atoms with Crippen molar-refractivity contribution in [3.8, 4) is 0 Å². The molecule has 2 bridgehead atoms. The van der Waals surface area contributed by atoms with Crippen LogP contribution in [0.15, 0.2) is 30.3 Å². The molecule has 6 atom stereocenters. The Labute approximate surface area is 219 Å². The predicted molar refractivity (Wildman–Crippen MR) is 142 cm³/mol. The Bertz CT molecular complexity index is 1010. The molecule has 8 heteroatoms. The van der Waals surface area contributed by atoms with E-state index in [9.17, 15) is 19.5 Å². The highest BCUT2D eigenvalue weighted by molar-refractivity contribution is 8.02. The fraction of sp³-hybridized carbons (Fsp3) is 0.679. The molecule has 0 radical (unpaired) electrons. The number of carbonyl (C=O) groups excluding carboxylic acids is 3. The maximum Gasteiger partial charge on any atom is 0.244 e. The lowest BCUT2D eigenvalue weighted by Crippen LogP contribution is -2.59. The molecule has 3 heterocycles. The van der Waals surface area contributed by atoms with Crippen LogP contribution in [-0.2, 0) is 20.9 Å². The fourth-order valence-electron chi connectivity index (χ4n) is 6.61. The summed E-state index contributed by atoms with van der Waals surface area (Å²) < 4.78 is -1.10. The highest BCUT2D eigenvalue weighted by Crippen LogP contribution is 2.71. The van der Waals surface area contributed by atoms with Crippen molar-refractivity contribution in [1.29, 1.82) is 0 Å². The maximum absolute atomic E-state index is 14.2. The second kappa shape index (κ2) is 9.67. The molecule has 1 aromatic carbocycles. The van der Waals surface area contributed by atoms with E-state index < -0.39 is 39.0 Å². The van der Waals surface area contributed by atoms with Crippen LogP contribution in [0.1, 0.15) is 66.4 Å². The fourth-order valence-corrected chi connectivity index (χ4v) is 8.95. The van der Waals surface area contributed by atoms with Gasteiger partial charge in [-0.05, 0) is 58.4 Å². The minimum atomic E-state index is -0.719. The Morgan fingerprint density at radius 1 is 1.17 bits per heavy atom. The zero-order chi connectivity index (χ0) is 26.5. The van der Waals surface area contributed by atoms with Gasteiger partial charge in [0.1, 0.15) is 6.04 Å². The molecule has 3 N–H and O–H groups in total. The first-order valence-electron chi connectivity index (χ1n) is 13.1. The molecule has 3 fully saturated rings. The Hall–Kier alpha value is -2.06. The molecule has 3 aliphatic rings. The molecule has 3 saturated heterocycles. The van der Waals surface area contributed by atoms with Crippen molar-refractivity contribution in [3.63, 3.8) is 0 Å². The van der Waals surface area contributed by atoms with Gasteiger partial charge in [-0.3, -0.25) is 14.4 Å². The first kappa shape index (κ1) is 27.0. The number of amides is 3. The Morgan fingerprint density at radius 2 is 1.83 bits per heavy atom. The first-order chi connectivity index (χ1) is 16.8. The van der Waals surface area contributed by atoms with Crippen molar-refractivity contribution in [2.24, 2.45) is 17.8 Å². The van der Waals surface area contributed by atoms with Crippen LogP contribution >= 0.6 is 11.8 Å². The van der Waals surface area contributed by atoms with Crippen LogP contribution in [-0.4, -0.2) is 61.5 Å². The molecule has 198 valence electrons. The van der Waals surface area contributed by atoms with E-state index in [4.69, 9.17) is 0 Å². The molecule has 3 aliphatic heterocycles. The molecule has 3 amide bonds. The maximum atomic E-state index is 14.2. The van der Waals surface area contributed by atoms with Crippen LogP contribution in [0.3, 0.4) is 0 Å². The van der Waals surface area contributed by atoms with Gasteiger partial charge in [0, 0.05) is 16.8 Å². The summed E-state index contributed by atoms with van der Waals surface area (Å²) in [5.41, 5.74) is 0.533. The van der Waals surface area contributed by atoms with Crippen LogP contribution in [0.5, 0.6) is 0 Å². The summed E-state index contributed by atoms with van der Waals surface area (Å²) in [5, 5.41) is 16.5. The van der Waals surface area contributed by atoms with Crippen LogP contribution in [0.25, 0.3) is 0 Å². The lowest BCUT2D eigenvalue weighted by Gasteiger charge is -2.39. The molecular formula is C28H41N3O4S. The van der Waals surface area contributed by atoms with E-state index in [0.29, 0.717) is 19.4 Å². The van der Waals surface area contributed by atoms with E-state index in [0.717, 1.165) is 12.0 Å². The van der Waals surface area contributed by atoms with E-state index >= 15 is 0 Å². The number of rotatable bonds is 8. The standard InChI is InChI=1S/C28H41N3O4S/c1-17(2)14-19(16-32)31-22(24(34)30-26(3,4)5)28-13-12-27(6,36-28)20(21(28)25(31)35)23(33)29-15-18-10-8-7-9-11-18/h7-11,17,19-22,32H,12-16H2,1-6H3,(H,29,33)(H,30,34)/t19-,20+,21+,22?,27-,28?/m1/s1. The van der Waals surface area contributed by atoms with E-state index in [1.165, 1.54) is 0 Å². The first-order valence-corrected chi connectivity index (χ1v) is 13.9. The Balaban J connectivity index is 1.71. The van der Waals surface area contributed by atoms with Gasteiger partial charge in [-0.15, -0.1) is 11.8 Å². The average Bonchev–Trinajstić information content (AvgIpc) is 3.36. The molecule has 2 unspecified atom stereocenters.